The molecular formula is C28H44O2Sn. The van der Waals surface area contributed by atoms with Crippen LogP contribution in [0.2, 0.25) is 8.87 Å². The van der Waals surface area contributed by atoms with Gasteiger partial charge in [-0.15, -0.1) is 0 Å². The van der Waals surface area contributed by atoms with E-state index in [1.54, 1.807) is 0 Å². The van der Waals surface area contributed by atoms with E-state index in [1.165, 1.54) is 47.9 Å². The quantitative estimate of drug-likeness (QED) is 0.227. The van der Waals surface area contributed by atoms with Gasteiger partial charge in [0.1, 0.15) is 0 Å². The van der Waals surface area contributed by atoms with E-state index in [9.17, 15) is 0 Å². The topological polar surface area (TPSA) is 18.5 Å². The molecule has 0 bridgehead atoms. The monoisotopic (exact) mass is 532 g/mol. The van der Waals surface area contributed by atoms with E-state index in [2.05, 4.69) is 77.9 Å². The van der Waals surface area contributed by atoms with Gasteiger partial charge in [0.15, 0.2) is 0 Å². The number of rotatable bonds is 14. The Kier molecular flexibility index (Phi) is 11.3. The third-order valence-electron chi connectivity index (χ3n) is 6.25. The molecule has 0 spiro atoms. The zero-order chi connectivity index (χ0) is 22.7. The summed E-state index contributed by atoms with van der Waals surface area (Å²) < 4.78 is 16.4. The molecule has 0 aromatic heterocycles. The zero-order valence-corrected chi connectivity index (χ0v) is 23.7. The van der Waals surface area contributed by atoms with E-state index >= 15 is 0 Å². The Morgan fingerprint density at radius 1 is 0.613 bits per heavy atom. The van der Waals surface area contributed by atoms with Gasteiger partial charge in [-0.25, -0.2) is 0 Å². The summed E-state index contributed by atoms with van der Waals surface area (Å²) >= 11 is -3.42. The molecule has 0 amide bonds. The molecule has 172 valence electrons. The summed E-state index contributed by atoms with van der Waals surface area (Å²) in [5, 5.41) is 0. The Labute approximate surface area is 196 Å². The van der Waals surface area contributed by atoms with Crippen molar-refractivity contribution in [3.63, 3.8) is 0 Å². The van der Waals surface area contributed by atoms with Crippen molar-refractivity contribution in [1.82, 2.24) is 0 Å². The average Bonchev–Trinajstić information content (AvgIpc) is 2.76. The molecule has 0 atom stereocenters. The average molecular weight is 531 g/mol. The van der Waals surface area contributed by atoms with Gasteiger partial charge in [-0.05, 0) is 0 Å². The van der Waals surface area contributed by atoms with E-state index in [1.807, 2.05) is 0 Å². The molecule has 3 heteroatoms. The van der Waals surface area contributed by atoms with E-state index in [0.29, 0.717) is 0 Å². The van der Waals surface area contributed by atoms with Crippen LogP contribution in [0.5, 0.6) is 11.5 Å². The Hall–Kier alpha value is -1.16. The van der Waals surface area contributed by atoms with Gasteiger partial charge in [0.05, 0.1) is 0 Å². The number of benzene rings is 2. The first-order valence-electron chi connectivity index (χ1n) is 12.5. The fourth-order valence-corrected chi connectivity index (χ4v) is 14.9. The van der Waals surface area contributed by atoms with Crippen LogP contribution in [-0.4, -0.2) is 19.2 Å². The van der Waals surface area contributed by atoms with Gasteiger partial charge in [0.25, 0.3) is 0 Å². The van der Waals surface area contributed by atoms with Crippen molar-refractivity contribution >= 4 is 19.2 Å². The van der Waals surface area contributed by atoms with E-state index < -0.39 is 19.2 Å². The first-order valence-corrected chi connectivity index (χ1v) is 18.9. The molecule has 0 fully saturated rings. The van der Waals surface area contributed by atoms with Crippen LogP contribution in [0.15, 0.2) is 36.4 Å². The molecule has 0 aliphatic rings. The van der Waals surface area contributed by atoms with Crippen molar-refractivity contribution in [2.24, 2.45) is 0 Å². The van der Waals surface area contributed by atoms with Crippen molar-refractivity contribution in [1.29, 1.82) is 0 Å². The predicted molar refractivity (Wildman–Crippen MR) is 137 cm³/mol. The van der Waals surface area contributed by atoms with Crippen LogP contribution in [0, 0.1) is 13.8 Å². The SMILES string of the molecule is CCC[CH2][Sn]([CH2]CCC)([O]c1cccc(CCC)c1C)[O]c1cccc(CCC)c1C. The van der Waals surface area contributed by atoms with Crippen LogP contribution < -0.4 is 6.15 Å². The van der Waals surface area contributed by atoms with Crippen LogP contribution in [-0.2, 0) is 12.8 Å². The van der Waals surface area contributed by atoms with Crippen molar-refractivity contribution in [2.45, 2.75) is 102 Å². The second-order valence-electron chi connectivity index (χ2n) is 8.90. The normalized spacial score (nSPS) is 11.5. The molecule has 0 aliphatic heterocycles. The molecule has 2 rings (SSSR count). The summed E-state index contributed by atoms with van der Waals surface area (Å²) in [6, 6.07) is 13.2. The number of unbranched alkanes of at least 4 members (excludes halogenated alkanes) is 2. The van der Waals surface area contributed by atoms with Crippen molar-refractivity contribution < 1.29 is 6.15 Å². The van der Waals surface area contributed by atoms with Gasteiger partial charge in [0, 0.05) is 0 Å². The third-order valence-corrected chi connectivity index (χ3v) is 16.0. The van der Waals surface area contributed by atoms with Gasteiger partial charge in [-0.3, -0.25) is 0 Å². The molecule has 0 heterocycles. The van der Waals surface area contributed by atoms with E-state index in [4.69, 9.17) is 6.15 Å². The number of hydrogen-bond donors (Lipinski definition) is 0. The molecule has 0 unspecified atom stereocenters. The molecule has 0 saturated carbocycles. The molecule has 0 N–H and O–H groups in total. The fraction of sp³-hybridized carbons (Fsp3) is 0.571. The summed E-state index contributed by atoms with van der Waals surface area (Å²) in [5.41, 5.74) is 5.43. The van der Waals surface area contributed by atoms with E-state index in [-0.39, 0.29) is 0 Å². The van der Waals surface area contributed by atoms with Gasteiger partial charge >= 0.3 is 197 Å². The fourth-order valence-electron chi connectivity index (χ4n) is 4.26. The van der Waals surface area contributed by atoms with Crippen LogP contribution >= 0.6 is 0 Å². The van der Waals surface area contributed by atoms with Crippen LogP contribution in [0.3, 0.4) is 0 Å². The van der Waals surface area contributed by atoms with Gasteiger partial charge < -0.3 is 0 Å². The molecule has 31 heavy (non-hydrogen) atoms. The minimum atomic E-state index is -3.42. The second-order valence-corrected chi connectivity index (χ2v) is 18.1. The molecule has 0 aliphatic carbocycles. The first kappa shape index (κ1) is 26.1. The van der Waals surface area contributed by atoms with Gasteiger partial charge in [0.2, 0.25) is 0 Å². The number of aryl methyl sites for hydroxylation is 2. The van der Waals surface area contributed by atoms with Crippen molar-refractivity contribution in [3.05, 3.63) is 58.7 Å². The predicted octanol–water partition coefficient (Wildman–Crippen LogP) is 8.71. The Bertz CT molecular complexity index is 732. The molecule has 2 aromatic carbocycles. The van der Waals surface area contributed by atoms with Crippen LogP contribution in [0.4, 0.5) is 0 Å². The Morgan fingerprint density at radius 2 is 1.03 bits per heavy atom. The molecule has 2 nitrogen and oxygen atoms in total. The van der Waals surface area contributed by atoms with Gasteiger partial charge in [-0.1, -0.05) is 0 Å². The van der Waals surface area contributed by atoms with Crippen LogP contribution in [0.1, 0.15) is 88.5 Å². The first-order chi connectivity index (χ1) is 15.0. The van der Waals surface area contributed by atoms with Crippen molar-refractivity contribution in [3.8, 4) is 11.5 Å². The minimum absolute atomic E-state index is 1.07. The summed E-state index contributed by atoms with van der Waals surface area (Å²) in [6.45, 7) is 13.5. The third kappa shape index (κ3) is 7.44. The van der Waals surface area contributed by atoms with E-state index in [0.717, 1.165) is 46.1 Å². The summed E-state index contributed by atoms with van der Waals surface area (Å²) in [7, 11) is 0. The summed E-state index contributed by atoms with van der Waals surface area (Å²) in [5.74, 6) is 2.13. The number of hydrogen-bond acceptors (Lipinski definition) is 2. The Balaban J connectivity index is 2.46. The molecular weight excluding hydrogens is 487 g/mol. The standard InChI is InChI=1S/2C10H14O.2C4H9.Sn/c2*1-3-5-9-6-4-7-10(11)8(9)2;2*1-3-4-2;/h2*4,6-7,11H,3,5H2,1-2H3;2*1,3-4H2,2H3;/q;;;;+2/p-2. The second kappa shape index (κ2) is 13.4. The summed E-state index contributed by atoms with van der Waals surface area (Å²) in [6.07, 6.45) is 9.25. The van der Waals surface area contributed by atoms with Gasteiger partial charge in [-0.2, -0.15) is 0 Å². The van der Waals surface area contributed by atoms with Crippen molar-refractivity contribution in [2.75, 3.05) is 0 Å². The maximum atomic E-state index is 7.07. The summed E-state index contributed by atoms with van der Waals surface area (Å²) in [4.78, 5) is 0. The molecule has 0 radical (unpaired) electrons. The zero-order valence-electron chi connectivity index (χ0n) is 20.9. The van der Waals surface area contributed by atoms with Crippen LogP contribution in [0.25, 0.3) is 0 Å². The molecule has 2 aromatic rings. The maximum absolute atomic E-state index is 7.07. The Morgan fingerprint density at radius 3 is 1.39 bits per heavy atom. The molecule has 0 saturated heterocycles.